The Balaban J connectivity index is 2.16. The van der Waals surface area contributed by atoms with Gasteiger partial charge in [-0.2, -0.15) is 0 Å². The van der Waals surface area contributed by atoms with E-state index in [9.17, 15) is 4.39 Å². The maximum atomic E-state index is 13.0. The SMILES string of the molecule is CC(C)NCCOCCc1ccc(F)c(Br)c1. The number of ether oxygens (including phenoxy) is 1. The third kappa shape index (κ3) is 6.15. The monoisotopic (exact) mass is 303 g/mol. The van der Waals surface area contributed by atoms with Crippen LogP contribution in [-0.2, 0) is 11.2 Å². The van der Waals surface area contributed by atoms with Gasteiger partial charge in [0.25, 0.3) is 0 Å². The van der Waals surface area contributed by atoms with Gasteiger partial charge in [-0.3, -0.25) is 0 Å². The van der Waals surface area contributed by atoms with Crippen LogP contribution in [0.5, 0.6) is 0 Å². The van der Waals surface area contributed by atoms with Crippen molar-refractivity contribution in [3.63, 3.8) is 0 Å². The fourth-order valence-corrected chi connectivity index (χ4v) is 1.83. The molecule has 0 amide bonds. The number of nitrogens with one attached hydrogen (secondary N) is 1. The molecule has 0 unspecified atom stereocenters. The summed E-state index contributed by atoms with van der Waals surface area (Å²) in [6, 6.07) is 5.55. The van der Waals surface area contributed by atoms with Crippen molar-refractivity contribution in [3.05, 3.63) is 34.1 Å². The van der Waals surface area contributed by atoms with E-state index < -0.39 is 0 Å². The highest BCUT2D eigenvalue weighted by molar-refractivity contribution is 9.10. The Morgan fingerprint density at radius 2 is 2.12 bits per heavy atom. The van der Waals surface area contributed by atoms with E-state index in [-0.39, 0.29) is 5.82 Å². The van der Waals surface area contributed by atoms with Crippen molar-refractivity contribution in [1.82, 2.24) is 5.32 Å². The highest BCUT2D eigenvalue weighted by Crippen LogP contribution is 2.17. The van der Waals surface area contributed by atoms with Crippen molar-refractivity contribution in [2.75, 3.05) is 19.8 Å². The van der Waals surface area contributed by atoms with Gasteiger partial charge in [0.05, 0.1) is 17.7 Å². The summed E-state index contributed by atoms with van der Waals surface area (Å²) in [6.45, 7) is 6.45. The highest BCUT2D eigenvalue weighted by Gasteiger charge is 2.00. The van der Waals surface area contributed by atoms with Crippen molar-refractivity contribution in [2.45, 2.75) is 26.3 Å². The highest BCUT2D eigenvalue weighted by atomic mass is 79.9. The molecule has 0 aliphatic heterocycles. The summed E-state index contributed by atoms with van der Waals surface area (Å²) in [5.41, 5.74) is 1.08. The molecule has 0 aromatic heterocycles. The lowest BCUT2D eigenvalue weighted by Gasteiger charge is -2.08. The van der Waals surface area contributed by atoms with Gasteiger partial charge in [0.2, 0.25) is 0 Å². The van der Waals surface area contributed by atoms with Gasteiger partial charge in [-0.15, -0.1) is 0 Å². The summed E-state index contributed by atoms with van der Waals surface area (Å²) in [5.74, 6) is -0.226. The van der Waals surface area contributed by atoms with Crippen LogP contribution in [0.4, 0.5) is 4.39 Å². The van der Waals surface area contributed by atoms with E-state index in [1.807, 2.05) is 0 Å². The molecule has 0 aliphatic rings. The van der Waals surface area contributed by atoms with E-state index in [1.165, 1.54) is 6.07 Å². The second-order valence-electron chi connectivity index (χ2n) is 4.22. The Kier molecular flexibility index (Phi) is 6.70. The smallest absolute Gasteiger partial charge is 0.137 e. The molecular formula is C13H19BrFNO. The molecule has 96 valence electrons. The third-order valence-electron chi connectivity index (χ3n) is 2.32. The fraction of sp³-hybridized carbons (Fsp3) is 0.538. The first-order valence-corrected chi connectivity index (χ1v) is 6.64. The van der Waals surface area contributed by atoms with Gasteiger partial charge in [-0.25, -0.2) is 4.39 Å². The van der Waals surface area contributed by atoms with Gasteiger partial charge in [-0.05, 0) is 40.0 Å². The molecule has 1 aromatic rings. The van der Waals surface area contributed by atoms with Crippen LogP contribution in [0.3, 0.4) is 0 Å². The molecule has 0 radical (unpaired) electrons. The fourth-order valence-electron chi connectivity index (χ4n) is 1.41. The van der Waals surface area contributed by atoms with Gasteiger partial charge in [0, 0.05) is 12.6 Å². The molecular weight excluding hydrogens is 285 g/mol. The minimum Gasteiger partial charge on any atom is -0.380 e. The number of hydrogen-bond donors (Lipinski definition) is 1. The quantitative estimate of drug-likeness (QED) is 0.781. The lowest BCUT2D eigenvalue weighted by atomic mass is 10.2. The van der Waals surface area contributed by atoms with Gasteiger partial charge < -0.3 is 10.1 Å². The predicted octanol–water partition coefficient (Wildman–Crippen LogP) is 3.15. The van der Waals surface area contributed by atoms with E-state index >= 15 is 0 Å². The normalized spacial score (nSPS) is 11.1. The minimum absolute atomic E-state index is 0.226. The molecule has 0 aliphatic carbocycles. The molecule has 17 heavy (non-hydrogen) atoms. The van der Waals surface area contributed by atoms with Gasteiger partial charge in [0.1, 0.15) is 5.82 Å². The van der Waals surface area contributed by atoms with Crippen molar-refractivity contribution in [1.29, 1.82) is 0 Å². The standard InChI is InChI=1S/C13H19BrFNO/c1-10(2)16-6-8-17-7-5-11-3-4-13(15)12(14)9-11/h3-4,9-10,16H,5-8H2,1-2H3. The molecule has 0 spiro atoms. The van der Waals surface area contributed by atoms with Crippen LogP contribution in [-0.4, -0.2) is 25.8 Å². The average molecular weight is 304 g/mol. The third-order valence-corrected chi connectivity index (χ3v) is 2.93. The first-order chi connectivity index (χ1) is 8.09. The van der Waals surface area contributed by atoms with Crippen LogP contribution in [0.1, 0.15) is 19.4 Å². The number of halogens is 2. The number of benzene rings is 1. The largest absolute Gasteiger partial charge is 0.380 e. The van der Waals surface area contributed by atoms with Crippen LogP contribution in [0.25, 0.3) is 0 Å². The van der Waals surface area contributed by atoms with Crippen molar-refractivity contribution in [2.24, 2.45) is 0 Å². The van der Waals surface area contributed by atoms with Crippen molar-refractivity contribution < 1.29 is 9.13 Å². The van der Waals surface area contributed by atoms with E-state index in [0.717, 1.165) is 18.5 Å². The molecule has 0 saturated heterocycles. The Morgan fingerprint density at radius 3 is 2.76 bits per heavy atom. The summed E-state index contributed by atoms with van der Waals surface area (Å²) in [7, 11) is 0. The van der Waals surface area contributed by atoms with Gasteiger partial charge >= 0.3 is 0 Å². The van der Waals surface area contributed by atoms with E-state index in [4.69, 9.17) is 4.74 Å². The molecule has 0 saturated carbocycles. The molecule has 0 heterocycles. The van der Waals surface area contributed by atoms with Crippen molar-refractivity contribution in [3.8, 4) is 0 Å². The van der Waals surface area contributed by atoms with Gasteiger partial charge in [0.15, 0.2) is 0 Å². The first kappa shape index (κ1) is 14.6. The maximum Gasteiger partial charge on any atom is 0.137 e. The molecule has 1 N–H and O–H groups in total. The Morgan fingerprint density at radius 1 is 1.35 bits per heavy atom. The van der Waals surface area contributed by atoms with Crippen molar-refractivity contribution >= 4 is 15.9 Å². The van der Waals surface area contributed by atoms with E-state index in [1.54, 1.807) is 12.1 Å². The second-order valence-corrected chi connectivity index (χ2v) is 5.07. The van der Waals surface area contributed by atoms with Crippen LogP contribution in [0.15, 0.2) is 22.7 Å². The lowest BCUT2D eigenvalue weighted by Crippen LogP contribution is -2.26. The molecule has 4 heteroatoms. The Labute approximate surface area is 111 Å². The number of hydrogen-bond acceptors (Lipinski definition) is 2. The summed E-state index contributed by atoms with van der Waals surface area (Å²) in [5, 5.41) is 3.28. The Hall–Kier alpha value is -0.450. The second kappa shape index (κ2) is 7.80. The predicted molar refractivity (Wildman–Crippen MR) is 71.8 cm³/mol. The summed E-state index contributed by atoms with van der Waals surface area (Å²) < 4.78 is 19.0. The topological polar surface area (TPSA) is 21.3 Å². The van der Waals surface area contributed by atoms with E-state index in [2.05, 4.69) is 35.1 Å². The van der Waals surface area contributed by atoms with Gasteiger partial charge in [-0.1, -0.05) is 19.9 Å². The number of rotatable bonds is 7. The van der Waals surface area contributed by atoms with E-state index in [0.29, 0.717) is 23.7 Å². The van der Waals surface area contributed by atoms with Crippen LogP contribution in [0.2, 0.25) is 0 Å². The lowest BCUT2D eigenvalue weighted by molar-refractivity contribution is 0.137. The first-order valence-electron chi connectivity index (χ1n) is 5.84. The molecule has 1 rings (SSSR count). The molecule has 0 fully saturated rings. The summed E-state index contributed by atoms with van der Waals surface area (Å²) >= 11 is 3.17. The average Bonchev–Trinajstić information content (AvgIpc) is 2.27. The maximum absolute atomic E-state index is 13.0. The minimum atomic E-state index is -0.226. The zero-order valence-electron chi connectivity index (χ0n) is 10.3. The molecule has 1 aromatic carbocycles. The molecule has 2 nitrogen and oxygen atoms in total. The zero-order valence-corrected chi connectivity index (χ0v) is 11.9. The molecule has 0 atom stereocenters. The van der Waals surface area contributed by atoms with Crippen LogP contribution < -0.4 is 5.32 Å². The summed E-state index contributed by atoms with van der Waals surface area (Å²) in [4.78, 5) is 0. The molecule has 0 bridgehead atoms. The van der Waals surface area contributed by atoms with Crippen LogP contribution >= 0.6 is 15.9 Å². The zero-order chi connectivity index (χ0) is 12.7. The van der Waals surface area contributed by atoms with Crippen LogP contribution in [0, 0.1) is 5.82 Å². The summed E-state index contributed by atoms with van der Waals surface area (Å²) in [6.07, 6.45) is 0.806. The Bertz CT molecular complexity index is 344.